The van der Waals surface area contributed by atoms with Crippen molar-refractivity contribution in [2.75, 3.05) is 13.1 Å². The van der Waals surface area contributed by atoms with E-state index in [9.17, 15) is 19.2 Å². The van der Waals surface area contributed by atoms with E-state index >= 15 is 0 Å². The number of amides is 2. The fraction of sp³-hybridized carbons (Fsp3) is 0.692. The van der Waals surface area contributed by atoms with Crippen LogP contribution in [0.1, 0.15) is 40.0 Å². The number of carbonyl (C=O) groups excluding carboxylic acids is 3. The third-order valence-corrected chi connectivity index (χ3v) is 3.01. The van der Waals surface area contributed by atoms with E-state index in [0.717, 1.165) is 0 Å². The molecule has 3 N–H and O–H groups in total. The maximum atomic E-state index is 11.7. The molecule has 0 aromatic heterocycles. The Kier molecular flexibility index (Phi) is 7.49. The number of carboxylic acids is 1. The second-order valence-corrected chi connectivity index (χ2v) is 5.13. The minimum absolute atomic E-state index is 0.0295. The van der Waals surface area contributed by atoms with E-state index in [1.54, 1.807) is 13.8 Å². The first kappa shape index (κ1) is 18.1. The van der Waals surface area contributed by atoms with Gasteiger partial charge in [-0.3, -0.25) is 19.2 Å². The molecule has 0 aromatic rings. The van der Waals surface area contributed by atoms with Gasteiger partial charge in [-0.15, -0.1) is 0 Å². The SMILES string of the molecule is CCC(C)(C)C(=O)NCC(=O)CCC(=O)NCC(=O)O. The minimum Gasteiger partial charge on any atom is -0.480 e. The molecule has 0 aromatic carbocycles. The zero-order valence-electron chi connectivity index (χ0n) is 12.1. The van der Waals surface area contributed by atoms with Gasteiger partial charge in [0, 0.05) is 18.3 Å². The predicted octanol–water partition coefficient (Wildman–Crippen LogP) is 0.0889. The molecule has 0 rings (SSSR count). The van der Waals surface area contributed by atoms with Gasteiger partial charge in [0.25, 0.3) is 0 Å². The minimum atomic E-state index is -1.14. The van der Waals surface area contributed by atoms with Gasteiger partial charge < -0.3 is 15.7 Å². The molecule has 0 aliphatic rings. The Morgan fingerprint density at radius 3 is 2.10 bits per heavy atom. The summed E-state index contributed by atoms with van der Waals surface area (Å²) in [5.74, 6) is -2.11. The lowest BCUT2D eigenvalue weighted by atomic mass is 9.89. The van der Waals surface area contributed by atoms with Gasteiger partial charge in [0.1, 0.15) is 6.54 Å². The van der Waals surface area contributed by atoms with Crippen LogP contribution in [0.15, 0.2) is 0 Å². The van der Waals surface area contributed by atoms with E-state index in [4.69, 9.17) is 5.11 Å². The molecule has 0 unspecified atom stereocenters. The van der Waals surface area contributed by atoms with Gasteiger partial charge in [-0.1, -0.05) is 20.8 Å². The van der Waals surface area contributed by atoms with E-state index in [1.165, 1.54) is 0 Å². The van der Waals surface area contributed by atoms with Crippen molar-refractivity contribution in [1.82, 2.24) is 10.6 Å². The second kappa shape index (κ2) is 8.29. The molecule has 0 saturated heterocycles. The van der Waals surface area contributed by atoms with E-state index in [-0.39, 0.29) is 31.1 Å². The molecule has 0 fully saturated rings. The van der Waals surface area contributed by atoms with Gasteiger partial charge >= 0.3 is 5.97 Å². The number of hydrogen-bond acceptors (Lipinski definition) is 4. The van der Waals surface area contributed by atoms with Crippen molar-refractivity contribution in [3.63, 3.8) is 0 Å². The van der Waals surface area contributed by atoms with Crippen molar-refractivity contribution in [3.05, 3.63) is 0 Å². The summed E-state index contributed by atoms with van der Waals surface area (Å²) in [7, 11) is 0. The van der Waals surface area contributed by atoms with Crippen LogP contribution in [0, 0.1) is 5.41 Å². The zero-order chi connectivity index (χ0) is 15.8. The van der Waals surface area contributed by atoms with Crippen LogP contribution in [-0.4, -0.2) is 41.8 Å². The van der Waals surface area contributed by atoms with Crippen molar-refractivity contribution in [2.24, 2.45) is 5.41 Å². The van der Waals surface area contributed by atoms with E-state index < -0.39 is 23.8 Å². The zero-order valence-corrected chi connectivity index (χ0v) is 12.1. The fourth-order valence-electron chi connectivity index (χ4n) is 1.18. The van der Waals surface area contributed by atoms with Crippen LogP contribution in [0.3, 0.4) is 0 Å². The van der Waals surface area contributed by atoms with Crippen LogP contribution in [0.25, 0.3) is 0 Å². The number of aliphatic carboxylic acids is 1. The summed E-state index contributed by atoms with van der Waals surface area (Å²) in [4.78, 5) is 44.6. The largest absolute Gasteiger partial charge is 0.480 e. The van der Waals surface area contributed by atoms with Crippen LogP contribution in [0.5, 0.6) is 0 Å². The molecule has 0 spiro atoms. The summed E-state index contributed by atoms with van der Waals surface area (Å²) in [6, 6.07) is 0. The molecule has 0 saturated carbocycles. The first-order chi connectivity index (χ1) is 9.19. The molecule has 20 heavy (non-hydrogen) atoms. The molecule has 0 atom stereocenters. The fourth-order valence-corrected chi connectivity index (χ4v) is 1.18. The summed E-state index contributed by atoms with van der Waals surface area (Å²) in [5, 5.41) is 13.0. The maximum Gasteiger partial charge on any atom is 0.322 e. The molecule has 0 aliphatic carbocycles. The van der Waals surface area contributed by atoms with E-state index in [1.807, 2.05) is 6.92 Å². The van der Waals surface area contributed by atoms with E-state index in [2.05, 4.69) is 10.6 Å². The van der Waals surface area contributed by atoms with Gasteiger partial charge in [-0.05, 0) is 6.42 Å². The number of hydrogen-bond donors (Lipinski definition) is 3. The lowest BCUT2D eigenvalue weighted by Crippen LogP contribution is -2.39. The number of carboxylic acid groups (broad SMARTS) is 1. The van der Waals surface area contributed by atoms with Crippen LogP contribution >= 0.6 is 0 Å². The van der Waals surface area contributed by atoms with Crippen molar-refractivity contribution in [1.29, 1.82) is 0 Å². The molecule has 0 heterocycles. The number of ketones is 1. The number of nitrogens with one attached hydrogen (secondary N) is 2. The van der Waals surface area contributed by atoms with Crippen molar-refractivity contribution < 1.29 is 24.3 Å². The number of Topliss-reactive ketones (excluding diaryl/α,β-unsaturated/α-hetero) is 1. The Morgan fingerprint density at radius 2 is 1.60 bits per heavy atom. The Hall–Kier alpha value is -1.92. The average Bonchev–Trinajstić information content (AvgIpc) is 2.39. The maximum absolute atomic E-state index is 11.7. The molecule has 0 bridgehead atoms. The Morgan fingerprint density at radius 1 is 1.00 bits per heavy atom. The molecule has 114 valence electrons. The van der Waals surface area contributed by atoms with Gasteiger partial charge in [0.15, 0.2) is 5.78 Å². The van der Waals surface area contributed by atoms with Crippen LogP contribution in [0.2, 0.25) is 0 Å². The highest BCUT2D eigenvalue weighted by Gasteiger charge is 2.25. The predicted molar refractivity (Wildman–Crippen MR) is 72.0 cm³/mol. The molecule has 7 heteroatoms. The third kappa shape index (κ3) is 7.50. The molecular weight excluding hydrogens is 264 g/mol. The monoisotopic (exact) mass is 286 g/mol. The summed E-state index contributed by atoms with van der Waals surface area (Å²) in [6.07, 6.45) is 0.544. The Balaban J connectivity index is 3.93. The Bertz CT molecular complexity index is 390. The van der Waals surface area contributed by atoms with Crippen LogP contribution < -0.4 is 10.6 Å². The Labute approximate surface area is 118 Å². The van der Waals surface area contributed by atoms with Gasteiger partial charge in [0.05, 0.1) is 6.54 Å². The lowest BCUT2D eigenvalue weighted by molar-refractivity contribution is -0.138. The lowest BCUT2D eigenvalue weighted by Gasteiger charge is -2.21. The van der Waals surface area contributed by atoms with Gasteiger partial charge in [-0.25, -0.2) is 0 Å². The van der Waals surface area contributed by atoms with Crippen LogP contribution in [0.4, 0.5) is 0 Å². The molecule has 0 radical (unpaired) electrons. The molecule has 7 nitrogen and oxygen atoms in total. The van der Waals surface area contributed by atoms with Crippen molar-refractivity contribution in [3.8, 4) is 0 Å². The molecule has 2 amide bonds. The first-order valence-corrected chi connectivity index (χ1v) is 6.47. The highest BCUT2D eigenvalue weighted by atomic mass is 16.4. The number of rotatable bonds is 9. The first-order valence-electron chi connectivity index (χ1n) is 6.47. The van der Waals surface area contributed by atoms with E-state index in [0.29, 0.717) is 6.42 Å². The second-order valence-electron chi connectivity index (χ2n) is 5.13. The summed E-state index contributed by atoms with van der Waals surface area (Å²) < 4.78 is 0. The quantitative estimate of drug-likeness (QED) is 0.556. The summed E-state index contributed by atoms with van der Waals surface area (Å²) in [5.41, 5.74) is -0.529. The highest BCUT2D eigenvalue weighted by molar-refractivity contribution is 5.90. The third-order valence-electron chi connectivity index (χ3n) is 3.01. The molecule has 0 aliphatic heterocycles. The van der Waals surface area contributed by atoms with Gasteiger partial charge in [0.2, 0.25) is 11.8 Å². The van der Waals surface area contributed by atoms with Crippen molar-refractivity contribution >= 4 is 23.6 Å². The smallest absolute Gasteiger partial charge is 0.322 e. The standard InChI is InChI=1S/C13H22N2O5/c1-4-13(2,3)12(20)15-7-9(16)5-6-10(17)14-8-11(18)19/h4-8H2,1-3H3,(H,14,17)(H,15,20)(H,18,19). The number of carbonyl (C=O) groups is 4. The van der Waals surface area contributed by atoms with Gasteiger partial charge in [-0.2, -0.15) is 0 Å². The molecular formula is C13H22N2O5. The average molecular weight is 286 g/mol. The highest BCUT2D eigenvalue weighted by Crippen LogP contribution is 2.19. The topological polar surface area (TPSA) is 113 Å². The van der Waals surface area contributed by atoms with Crippen molar-refractivity contribution in [2.45, 2.75) is 40.0 Å². The van der Waals surface area contributed by atoms with Crippen LogP contribution in [-0.2, 0) is 19.2 Å². The summed E-state index contributed by atoms with van der Waals surface area (Å²) in [6.45, 7) is 4.87. The normalized spacial score (nSPS) is 10.8. The summed E-state index contributed by atoms with van der Waals surface area (Å²) >= 11 is 0.